The zero-order chi connectivity index (χ0) is 28.4. The number of aryl methyl sites for hydroxylation is 2. The lowest BCUT2D eigenvalue weighted by molar-refractivity contribution is -0.140. The van der Waals surface area contributed by atoms with Crippen molar-refractivity contribution in [2.24, 2.45) is 0 Å². The molecule has 3 rings (SSSR count). The summed E-state index contributed by atoms with van der Waals surface area (Å²) in [5, 5.41) is 2.96. The van der Waals surface area contributed by atoms with Crippen molar-refractivity contribution in [3.05, 3.63) is 95.6 Å². The molecule has 0 bridgehead atoms. The van der Waals surface area contributed by atoms with Crippen LogP contribution in [0.1, 0.15) is 49.8 Å². The summed E-state index contributed by atoms with van der Waals surface area (Å²) in [5.74, 6) is -0.681. The first-order chi connectivity index (χ1) is 18.7. The van der Waals surface area contributed by atoms with Crippen LogP contribution in [0.2, 0.25) is 0 Å². The van der Waals surface area contributed by atoms with E-state index in [0.717, 1.165) is 33.8 Å². The van der Waals surface area contributed by atoms with Crippen LogP contribution in [0, 0.1) is 13.8 Å². The average Bonchev–Trinajstić information content (AvgIpc) is 2.93. The third kappa shape index (κ3) is 7.47. The number of carbonyl (C=O) groups excluding carboxylic acids is 2. The summed E-state index contributed by atoms with van der Waals surface area (Å²) >= 11 is 0. The molecule has 0 aliphatic carbocycles. The van der Waals surface area contributed by atoms with Crippen molar-refractivity contribution < 1.29 is 18.0 Å². The minimum Gasteiger partial charge on any atom is -0.354 e. The van der Waals surface area contributed by atoms with Gasteiger partial charge in [-0.25, -0.2) is 8.42 Å². The molecule has 39 heavy (non-hydrogen) atoms. The number of amides is 2. The average molecular weight is 550 g/mol. The number of carbonyl (C=O) groups is 2. The fraction of sp³-hybridized carbons (Fsp3) is 0.355. The van der Waals surface area contributed by atoms with Gasteiger partial charge in [0.1, 0.15) is 12.6 Å². The Labute approximate surface area is 232 Å². The summed E-state index contributed by atoms with van der Waals surface area (Å²) in [5.41, 5.74) is 3.04. The van der Waals surface area contributed by atoms with E-state index >= 15 is 0 Å². The first kappa shape index (κ1) is 29.9. The van der Waals surface area contributed by atoms with Gasteiger partial charge in [0.15, 0.2) is 0 Å². The van der Waals surface area contributed by atoms with Crippen LogP contribution >= 0.6 is 0 Å². The maximum atomic E-state index is 14.1. The van der Waals surface area contributed by atoms with Gasteiger partial charge >= 0.3 is 0 Å². The molecule has 0 aliphatic heterocycles. The van der Waals surface area contributed by atoms with E-state index in [-0.39, 0.29) is 17.3 Å². The van der Waals surface area contributed by atoms with Crippen LogP contribution in [-0.2, 0) is 26.2 Å². The highest BCUT2D eigenvalue weighted by Gasteiger charge is 2.34. The summed E-state index contributed by atoms with van der Waals surface area (Å²) in [7, 11) is -4.07. The van der Waals surface area contributed by atoms with Crippen molar-refractivity contribution in [3.8, 4) is 0 Å². The first-order valence-electron chi connectivity index (χ1n) is 13.5. The van der Waals surface area contributed by atoms with Crippen LogP contribution in [-0.4, -0.2) is 44.3 Å². The predicted molar refractivity (Wildman–Crippen MR) is 156 cm³/mol. The molecule has 0 radical (unpaired) electrons. The number of sulfonamides is 1. The minimum atomic E-state index is -4.07. The lowest BCUT2D eigenvalue weighted by Gasteiger charge is -2.34. The number of nitrogens with one attached hydrogen (secondary N) is 1. The number of rotatable bonds is 13. The zero-order valence-electron chi connectivity index (χ0n) is 23.3. The molecule has 0 fully saturated rings. The van der Waals surface area contributed by atoms with E-state index in [1.54, 1.807) is 30.3 Å². The van der Waals surface area contributed by atoms with Gasteiger partial charge in [0.25, 0.3) is 10.0 Å². The molecule has 0 saturated heterocycles. The van der Waals surface area contributed by atoms with Crippen molar-refractivity contribution in [2.45, 2.75) is 64.4 Å². The highest BCUT2D eigenvalue weighted by atomic mass is 32.2. The molecule has 8 heteroatoms. The van der Waals surface area contributed by atoms with Crippen molar-refractivity contribution >= 4 is 27.5 Å². The fourth-order valence-corrected chi connectivity index (χ4v) is 5.97. The number of nitrogens with zero attached hydrogens (tertiary/aromatic N) is 2. The van der Waals surface area contributed by atoms with Gasteiger partial charge in [-0.05, 0) is 61.6 Å². The van der Waals surface area contributed by atoms with E-state index in [1.807, 2.05) is 64.1 Å². The third-order valence-corrected chi connectivity index (χ3v) is 8.59. The van der Waals surface area contributed by atoms with Crippen LogP contribution in [0.3, 0.4) is 0 Å². The largest absolute Gasteiger partial charge is 0.354 e. The molecule has 7 nitrogen and oxygen atoms in total. The maximum Gasteiger partial charge on any atom is 0.264 e. The van der Waals surface area contributed by atoms with Crippen molar-refractivity contribution in [1.29, 1.82) is 0 Å². The van der Waals surface area contributed by atoms with Gasteiger partial charge in [0, 0.05) is 13.1 Å². The predicted octanol–water partition coefficient (Wildman–Crippen LogP) is 5.22. The number of anilines is 1. The van der Waals surface area contributed by atoms with E-state index in [0.29, 0.717) is 18.7 Å². The lowest BCUT2D eigenvalue weighted by atomic mass is 10.1. The molecule has 1 atom stereocenters. The standard InChI is InChI=1S/C31H39N3O4S/c1-5-7-21-32-31(36)28(6-2)33(22-26-17-13-11-15-24(26)3)30(35)23-34(29-20-14-12-16-25(29)4)39(37,38)27-18-9-8-10-19-27/h8-20,28H,5-7,21-23H2,1-4H3,(H,32,36)/t28-/m1/s1. The summed E-state index contributed by atoms with van der Waals surface area (Å²) < 4.78 is 28.9. The highest BCUT2D eigenvalue weighted by molar-refractivity contribution is 7.92. The molecule has 0 aromatic heterocycles. The topological polar surface area (TPSA) is 86.8 Å². The Morgan fingerprint density at radius 3 is 2.08 bits per heavy atom. The summed E-state index contributed by atoms with van der Waals surface area (Å²) in [6, 6.07) is 22.1. The zero-order valence-corrected chi connectivity index (χ0v) is 24.1. The second kappa shape index (κ2) is 13.9. The molecule has 0 heterocycles. The lowest BCUT2D eigenvalue weighted by Crippen LogP contribution is -2.52. The highest BCUT2D eigenvalue weighted by Crippen LogP contribution is 2.27. The van der Waals surface area contributed by atoms with Crippen molar-refractivity contribution in [3.63, 3.8) is 0 Å². The van der Waals surface area contributed by atoms with Crippen LogP contribution < -0.4 is 9.62 Å². The molecule has 208 valence electrons. The second-order valence-corrected chi connectivity index (χ2v) is 11.5. The van der Waals surface area contributed by atoms with Gasteiger partial charge in [-0.2, -0.15) is 0 Å². The van der Waals surface area contributed by atoms with Gasteiger partial charge in [-0.3, -0.25) is 13.9 Å². The summed E-state index contributed by atoms with van der Waals surface area (Å²) in [6.45, 7) is 7.96. The number of hydrogen-bond donors (Lipinski definition) is 1. The molecule has 0 spiro atoms. The summed E-state index contributed by atoms with van der Waals surface area (Å²) in [4.78, 5) is 29.0. The fourth-order valence-electron chi connectivity index (χ4n) is 4.47. The number of benzene rings is 3. The monoisotopic (exact) mass is 549 g/mol. The molecular formula is C31H39N3O4S. The van der Waals surface area contributed by atoms with Gasteiger partial charge in [0.2, 0.25) is 11.8 Å². The van der Waals surface area contributed by atoms with E-state index < -0.39 is 28.5 Å². The Hall–Kier alpha value is -3.65. The Kier molecular flexibility index (Phi) is 10.7. The quantitative estimate of drug-likeness (QED) is 0.296. The molecule has 3 aromatic carbocycles. The van der Waals surface area contributed by atoms with Crippen LogP contribution in [0.4, 0.5) is 5.69 Å². The van der Waals surface area contributed by atoms with Crippen LogP contribution in [0.25, 0.3) is 0 Å². The number of para-hydroxylation sites is 1. The minimum absolute atomic E-state index is 0.0934. The Balaban J connectivity index is 2.04. The Bertz CT molecular complexity index is 1360. The van der Waals surface area contributed by atoms with Crippen LogP contribution in [0.15, 0.2) is 83.8 Å². The van der Waals surface area contributed by atoms with Crippen LogP contribution in [0.5, 0.6) is 0 Å². The molecule has 2 amide bonds. The van der Waals surface area contributed by atoms with Crippen molar-refractivity contribution in [1.82, 2.24) is 10.2 Å². The number of hydrogen-bond acceptors (Lipinski definition) is 4. The normalized spacial score (nSPS) is 12.0. The third-order valence-electron chi connectivity index (χ3n) is 6.81. The van der Waals surface area contributed by atoms with E-state index in [9.17, 15) is 18.0 Å². The number of unbranched alkanes of at least 4 members (excludes halogenated alkanes) is 1. The van der Waals surface area contributed by atoms with Crippen molar-refractivity contribution in [2.75, 3.05) is 17.4 Å². The van der Waals surface area contributed by atoms with Gasteiger partial charge in [-0.1, -0.05) is 80.9 Å². The Morgan fingerprint density at radius 2 is 1.46 bits per heavy atom. The maximum absolute atomic E-state index is 14.1. The molecule has 3 aromatic rings. The molecule has 1 N–H and O–H groups in total. The smallest absolute Gasteiger partial charge is 0.264 e. The molecular weight excluding hydrogens is 510 g/mol. The first-order valence-corrected chi connectivity index (χ1v) is 14.9. The van der Waals surface area contributed by atoms with Gasteiger partial charge in [0.05, 0.1) is 10.6 Å². The SMILES string of the molecule is CCCCNC(=O)[C@@H](CC)N(Cc1ccccc1C)C(=O)CN(c1ccccc1C)S(=O)(=O)c1ccccc1. The van der Waals surface area contributed by atoms with Gasteiger partial charge in [-0.15, -0.1) is 0 Å². The Morgan fingerprint density at radius 1 is 0.846 bits per heavy atom. The van der Waals surface area contributed by atoms with E-state index in [2.05, 4.69) is 5.32 Å². The second-order valence-electron chi connectivity index (χ2n) is 9.63. The van der Waals surface area contributed by atoms with E-state index in [1.165, 1.54) is 17.0 Å². The molecule has 0 unspecified atom stereocenters. The molecule has 0 aliphatic rings. The van der Waals surface area contributed by atoms with E-state index in [4.69, 9.17) is 0 Å². The van der Waals surface area contributed by atoms with Gasteiger partial charge < -0.3 is 10.2 Å². The summed E-state index contributed by atoms with van der Waals surface area (Å²) in [6.07, 6.45) is 2.17. The molecule has 0 saturated carbocycles.